The predicted octanol–water partition coefficient (Wildman–Crippen LogP) is 4.19. The Morgan fingerprint density at radius 3 is 2.63 bits per heavy atom. The summed E-state index contributed by atoms with van der Waals surface area (Å²) in [5, 5.41) is 11.6. The largest absolute Gasteiger partial charge is 0.382 e. The molecular weight excluding hydrogens is 447 g/mol. The molecule has 4 aromatic heterocycles. The molecule has 0 aliphatic carbocycles. The summed E-state index contributed by atoms with van der Waals surface area (Å²) in [6.45, 7) is 5.66. The maximum Gasteiger partial charge on any atom is 0.257 e. The molecule has 10 heteroatoms. The number of fused-ring (bicyclic) bond motifs is 1. The van der Waals surface area contributed by atoms with Crippen molar-refractivity contribution in [3.8, 4) is 11.3 Å². The number of pyridine rings is 1. The number of anilines is 2. The number of carbonyl (C=O) groups excluding carboxylic acids is 1. The second kappa shape index (κ2) is 8.64. The summed E-state index contributed by atoms with van der Waals surface area (Å²) in [6, 6.07) is 9.84. The molecule has 5 rings (SSSR count). The third-order valence-electron chi connectivity index (χ3n) is 6.01. The monoisotopic (exact) mass is 470 g/mol. The number of hydrogen-bond acceptors (Lipinski definition) is 6. The van der Waals surface area contributed by atoms with Gasteiger partial charge in [0.1, 0.15) is 17.7 Å². The highest BCUT2D eigenvalue weighted by Gasteiger charge is 2.18. The molecular formula is C25H23FN8O. The molecule has 0 radical (unpaired) electrons. The van der Waals surface area contributed by atoms with Crippen LogP contribution in [0.2, 0.25) is 0 Å². The van der Waals surface area contributed by atoms with Gasteiger partial charge in [-0.05, 0) is 56.2 Å². The number of nitrogens with two attached hydrogens (primary N) is 1. The van der Waals surface area contributed by atoms with E-state index in [1.54, 1.807) is 52.9 Å². The summed E-state index contributed by atoms with van der Waals surface area (Å²) < 4.78 is 16.7. The van der Waals surface area contributed by atoms with Gasteiger partial charge in [0.15, 0.2) is 5.82 Å². The van der Waals surface area contributed by atoms with Gasteiger partial charge in [-0.2, -0.15) is 10.2 Å². The van der Waals surface area contributed by atoms with Crippen molar-refractivity contribution < 1.29 is 9.18 Å². The molecule has 5 aromatic rings. The number of nitrogens with one attached hydrogen (secondary N) is 1. The van der Waals surface area contributed by atoms with Crippen molar-refractivity contribution in [3.05, 3.63) is 89.5 Å². The van der Waals surface area contributed by atoms with Gasteiger partial charge in [-0.15, -0.1) is 0 Å². The van der Waals surface area contributed by atoms with Crippen molar-refractivity contribution in [3.63, 3.8) is 0 Å². The lowest BCUT2D eigenvalue weighted by Crippen LogP contribution is -2.14. The highest BCUT2D eigenvalue weighted by Crippen LogP contribution is 2.28. The number of nitrogens with zero attached hydrogens (tertiary/aromatic N) is 6. The van der Waals surface area contributed by atoms with E-state index in [9.17, 15) is 9.18 Å². The normalized spacial score (nSPS) is 12.1. The number of hydrogen-bond donors (Lipinski definition) is 2. The van der Waals surface area contributed by atoms with Crippen molar-refractivity contribution in [2.45, 2.75) is 26.8 Å². The lowest BCUT2D eigenvalue weighted by molar-refractivity contribution is 0.102. The molecule has 0 saturated carbocycles. The predicted molar refractivity (Wildman–Crippen MR) is 130 cm³/mol. The Balaban J connectivity index is 1.41. The number of aromatic nitrogens is 6. The second-order valence-corrected chi connectivity index (χ2v) is 8.37. The van der Waals surface area contributed by atoms with Crippen LogP contribution in [0.15, 0.2) is 61.3 Å². The van der Waals surface area contributed by atoms with Gasteiger partial charge in [-0.3, -0.25) is 14.5 Å². The number of nitrogen functional groups attached to an aromatic ring is 1. The minimum atomic E-state index is -0.308. The van der Waals surface area contributed by atoms with Crippen molar-refractivity contribution in [1.82, 2.24) is 29.4 Å². The van der Waals surface area contributed by atoms with Crippen molar-refractivity contribution in [2.75, 3.05) is 11.1 Å². The van der Waals surface area contributed by atoms with Crippen LogP contribution >= 0.6 is 0 Å². The quantitative estimate of drug-likeness (QED) is 0.398. The number of rotatable bonds is 5. The number of benzene rings is 1. The second-order valence-electron chi connectivity index (χ2n) is 8.37. The van der Waals surface area contributed by atoms with Crippen LogP contribution in [-0.2, 0) is 0 Å². The average molecular weight is 471 g/mol. The Labute approximate surface area is 200 Å². The first kappa shape index (κ1) is 22.2. The number of aryl methyl sites for hydroxylation is 2. The van der Waals surface area contributed by atoms with E-state index < -0.39 is 0 Å². The highest BCUT2D eigenvalue weighted by atomic mass is 19.1. The molecule has 0 fully saturated rings. The van der Waals surface area contributed by atoms with E-state index in [1.165, 1.54) is 18.5 Å². The summed E-state index contributed by atoms with van der Waals surface area (Å²) in [6.07, 6.45) is 6.41. The molecule has 176 valence electrons. The van der Waals surface area contributed by atoms with E-state index in [-0.39, 0.29) is 17.8 Å². The molecule has 1 atom stereocenters. The third kappa shape index (κ3) is 4.10. The minimum Gasteiger partial charge on any atom is -0.382 e. The lowest BCUT2D eigenvalue weighted by Gasteiger charge is -2.12. The van der Waals surface area contributed by atoms with Gasteiger partial charge in [0.05, 0.1) is 34.9 Å². The molecule has 0 bridgehead atoms. The van der Waals surface area contributed by atoms with Crippen molar-refractivity contribution in [2.24, 2.45) is 0 Å². The SMILES string of the molecule is Cc1ncc(-c2cc(C)c3c(N)ncnn23)cc1C(=O)Nc1cnn(C(C)c2ccc(F)cc2)c1. The Bertz CT molecular complexity index is 1550. The average Bonchev–Trinajstić information content (AvgIpc) is 3.44. The van der Waals surface area contributed by atoms with Crippen LogP contribution in [0.3, 0.4) is 0 Å². The van der Waals surface area contributed by atoms with Crippen LogP contribution in [0.25, 0.3) is 16.8 Å². The fraction of sp³-hybridized carbons (Fsp3) is 0.160. The van der Waals surface area contributed by atoms with Crippen molar-refractivity contribution >= 4 is 22.9 Å². The number of halogens is 1. The van der Waals surface area contributed by atoms with E-state index in [4.69, 9.17) is 5.73 Å². The Hall–Kier alpha value is -4.60. The zero-order valence-corrected chi connectivity index (χ0v) is 19.4. The van der Waals surface area contributed by atoms with Crippen LogP contribution in [0.5, 0.6) is 0 Å². The molecule has 4 heterocycles. The third-order valence-corrected chi connectivity index (χ3v) is 6.01. The molecule has 35 heavy (non-hydrogen) atoms. The van der Waals surface area contributed by atoms with Gasteiger partial charge >= 0.3 is 0 Å². The maximum absolute atomic E-state index is 13.2. The first-order valence-corrected chi connectivity index (χ1v) is 11.0. The molecule has 0 spiro atoms. The fourth-order valence-electron chi connectivity index (χ4n) is 4.07. The Morgan fingerprint density at radius 1 is 1.09 bits per heavy atom. The first-order valence-electron chi connectivity index (χ1n) is 11.0. The summed E-state index contributed by atoms with van der Waals surface area (Å²) in [5.41, 5.74) is 11.6. The molecule has 1 unspecified atom stereocenters. The smallest absolute Gasteiger partial charge is 0.257 e. The van der Waals surface area contributed by atoms with Crippen LogP contribution in [0, 0.1) is 19.7 Å². The summed E-state index contributed by atoms with van der Waals surface area (Å²) >= 11 is 0. The summed E-state index contributed by atoms with van der Waals surface area (Å²) in [5.74, 6) is -0.217. The zero-order chi connectivity index (χ0) is 24.7. The van der Waals surface area contributed by atoms with E-state index in [2.05, 4.69) is 25.5 Å². The van der Waals surface area contributed by atoms with Gasteiger partial charge in [-0.25, -0.2) is 13.9 Å². The van der Waals surface area contributed by atoms with Crippen molar-refractivity contribution in [1.29, 1.82) is 0 Å². The first-order chi connectivity index (χ1) is 16.8. The highest BCUT2D eigenvalue weighted by molar-refractivity contribution is 6.05. The minimum absolute atomic E-state index is 0.131. The van der Waals surface area contributed by atoms with E-state index in [1.807, 2.05) is 19.9 Å². The maximum atomic E-state index is 13.2. The standard InChI is InChI=1S/C25H23FN8O/c1-14-8-22(34-23(14)24(27)29-13-31-34)18-9-21(15(2)28-10-18)25(35)32-20-11-30-33(12-20)16(3)17-4-6-19(26)7-5-17/h4-13,16H,1-3H3,(H,32,35)(H2,27,29,31). The summed E-state index contributed by atoms with van der Waals surface area (Å²) in [4.78, 5) is 21.6. The van der Waals surface area contributed by atoms with Gasteiger partial charge in [0.25, 0.3) is 5.91 Å². The molecule has 1 aromatic carbocycles. The van der Waals surface area contributed by atoms with Crippen LogP contribution in [-0.4, -0.2) is 35.3 Å². The van der Waals surface area contributed by atoms with Gasteiger partial charge < -0.3 is 11.1 Å². The lowest BCUT2D eigenvalue weighted by atomic mass is 10.1. The number of carbonyl (C=O) groups is 1. The molecule has 9 nitrogen and oxygen atoms in total. The van der Waals surface area contributed by atoms with E-state index in [0.29, 0.717) is 22.8 Å². The van der Waals surface area contributed by atoms with E-state index in [0.717, 1.165) is 27.9 Å². The van der Waals surface area contributed by atoms with Crippen LogP contribution < -0.4 is 11.1 Å². The molecule has 1 amide bonds. The molecule has 0 aliphatic rings. The summed E-state index contributed by atoms with van der Waals surface area (Å²) in [7, 11) is 0. The fourth-order valence-corrected chi connectivity index (χ4v) is 4.07. The Morgan fingerprint density at radius 2 is 1.86 bits per heavy atom. The van der Waals surface area contributed by atoms with Gasteiger partial charge in [0, 0.05) is 18.0 Å². The molecule has 3 N–H and O–H groups in total. The van der Waals surface area contributed by atoms with Crippen LogP contribution in [0.4, 0.5) is 15.9 Å². The molecule has 0 aliphatic heterocycles. The van der Waals surface area contributed by atoms with E-state index >= 15 is 0 Å². The Kier molecular flexibility index (Phi) is 5.48. The van der Waals surface area contributed by atoms with Gasteiger partial charge in [0.2, 0.25) is 0 Å². The van der Waals surface area contributed by atoms with Crippen LogP contribution in [0.1, 0.15) is 40.1 Å². The molecule has 0 saturated heterocycles. The zero-order valence-electron chi connectivity index (χ0n) is 19.4. The topological polar surface area (TPSA) is 116 Å². The number of amides is 1. The van der Waals surface area contributed by atoms with Gasteiger partial charge in [-0.1, -0.05) is 12.1 Å².